The van der Waals surface area contributed by atoms with Crippen LogP contribution in [0.5, 0.6) is 0 Å². The smallest absolute Gasteiger partial charge is 0.0716 e. The maximum atomic E-state index is 9.71. The second-order valence-electron chi connectivity index (χ2n) is 4.87. The fourth-order valence-corrected chi connectivity index (χ4v) is 2.50. The van der Waals surface area contributed by atoms with E-state index in [0.29, 0.717) is 12.5 Å². The van der Waals surface area contributed by atoms with Crippen LogP contribution in [0.25, 0.3) is 10.9 Å². The second kappa shape index (κ2) is 6.34. The maximum Gasteiger partial charge on any atom is 0.0716 e. The highest BCUT2D eigenvalue weighted by Gasteiger charge is 2.24. The molecule has 0 saturated carbocycles. The quantitative estimate of drug-likeness (QED) is 0.665. The van der Waals surface area contributed by atoms with Crippen LogP contribution in [0.4, 0.5) is 0 Å². The van der Waals surface area contributed by atoms with Crippen LogP contribution < -0.4 is 10.6 Å². The molecule has 0 spiro atoms. The predicted molar refractivity (Wildman–Crippen MR) is 77.4 cm³/mol. The lowest BCUT2D eigenvalue weighted by molar-refractivity contribution is 0.146. The Morgan fingerprint density at radius 1 is 1.37 bits per heavy atom. The molecule has 2 aromatic rings. The molecule has 2 heterocycles. The monoisotopic (exact) mass is 282 g/mol. The molecule has 6 heteroatoms. The van der Waals surface area contributed by atoms with Gasteiger partial charge in [0.15, 0.2) is 0 Å². The van der Waals surface area contributed by atoms with Gasteiger partial charge in [0.1, 0.15) is 0 Å². The van der Waals surface area contributed by atoms with E-state index in [1.807, 2.05) is 18.3 Å². The van der Waals surface area contributed by atoms with E-state index in [1.165, 1.54) is 5.56 Å². The van der Waals surface area contributed by atoms with Crippen LogP contribution in [-0.4, -0.2) is 41.0 Å². The zero-order valence-electron chi connectivity index (χ0n) is 10.6. The Morgan fingerprint density at radius 3 is 3.05 bits per heavy atom. The molecule has 5 nitrogen and oxygen atoms in total. The average molecular weight is 283 g/mol. The Labute approximate surface area is 118 Å². The summed E-state index contributed by atoms with van der Waals surface area (Å²) in [6.45, 7) is 3.23. The Bertz CT molecular complexity index is 530. The summed E-state index contributed by atoms with van der Waals surface area (Å²) in [5, 5.41) is 24.5. The zero-order valence-corrected chi connectivity index (χ0v) is 11.4. The van der Waals surface area contributed by atoms with Crippen LogP contribution in [0.3, 0.4) is 0 Å². The molecule has 1 saturated heterocycles. The van der Waals surface area contributed by atoms with Crippen molar-refractivity contribution in [1.82, 2.24) is 20.8 Å². The van der Waals surface area contributed by atoms with Gasteiger partial charge in [0, 0.05) is 37.5 Å². The number of hydrogen-bond donors (Lipinski definition) is 4. The molecule has 4 N–H and O–H groups in total. The normalized spacial score (nSPS) is 22.6. The molecule has 19 heavy (non-hydrogen) atoms. The van der Waals surface area contributed by atoms with Gasteiger partial charge < -0.3 is 15.7 Å². The van der Waals surface area contributed by atoms with E-state index in [4.69, 9.17) is 0 Å². The Morgan fingerprint density at radius 2 is 2.26 bits per heavy atom. The second-order valence-corrected chi connectivity index (χ2v) is 4.87. The first kappa shape index (κ1) is 14.3. The molecule has 2 atom stereocenters. The third-order valence-corrected chi connectivity index (χ3v) is 3.59. The number of hydrogen-bond acceptors (Lipinski definition) is 4. The standard InChI is InChI=1S/C13H18N4O.ClH/c18-12-8-15-6-11(12)5-14-4-9-2-1-3-10-7-16-17-13(9)10;/h1-3,7,11-12,14-15,18H,4-6,8H2,(H,16,17);1H. The van der Waals surface area contributed by atoms with Crippen molar-refractivity contribution in [2.75, 3.05) is 19.6 Å². The molecule has 1 aromatic heterocycles. The molecule has 0 amide bonds. The molecular weight excluding hydrogens is 264 g/mol. The number of β-amino-alcohol motifs (C(OH)–C–C–N with tert-alkyl or cyclic N) is 1. The third-order valence-electron chi connectivity index (χ3n) is 3.59. The van der Waals surface area contributed by atoms with Crippen molar-refractivity contribution in [3.8, 4) is 0 Å². The molecule has 0 aliphatic carbocycles. The van der Waals surface area contributed by atoms with E-state index in [9.17, 15) is 5.11 Å². The number of halogens is 1. The molecule has 3 rings (SSSR count). The van der Waals surface area contributed by atoms with Crippen molar-refractivity contribution in [3.05, 3.63) is 30.0 Å². The van der Waals surface area contributed by atoms with Crippen LogP contribution in [0.1, 0.15) is 5.56 Å². The molecule has 1 fully saturated rings. The van der Waals surface area contributed by atoms with E-state index in [1.54, 1.807) is 0 Å². The predicted octanol–water partition coefficient (Wildman–Crippen LogP) is 0.655. The molecule has 0 bridgehead atoms. The number of aromatic nitrogens is 2. The van der Waals surface area contributed by atoms with Gasteiger partial charge in [-0.15, -0.1) is 12.4 Å². The number of nitrogens with one attached hydrogen (secondary N) is 3. The van der Waals surface area contributed by atoms with Crippen LogP contribution in [0.15, 0.2) is 24.4 Å². The van der Waals surface area contributed by atoms with Crippen LogP contribution in [0, 0.1) is 5.92 Å². The minimum atomic E-state index is -0.222. The Hall–Kier alpha value is -1.14. The number of para-hydroxylation sites is 1. The largest absolute Gasteiger partial charge is 0.391 e. The number of fused-ring (bicyclic) bond motifs is 1. The van der Waals surface area contributed by atoms with Gasteiger partial charge in [-0.25, -0.2) is 0 Å². The minimum Gasteiger partial charge on any atom is -0.391 e. The number of aliphatic hydroxyl groups excluding tert-OH is 1. The Balaban J connectivity index is 0.00000133. The summed E-state index contributed by atoms with van der Waals surface area (Å²) < 4.78 is 0. The van der Waals surface area contributed by atoms with Gasteiger partial charge in [-0.05, 0) is 5.56 Å². The number of aliphatic hydroxyl groups is 1. The van der Waals surface area contributed by atoms with Gasteiger partial charge in [-0.1, -0.05) is 18.2 Å². The van der Waals surface area contributed by atoms with Gasteiger partial charge in [-0.2, -0.15) is 5.10 Å². The van der Waals surface area contributed by atoms with Crippen LogP contribution in [-0.2, 0) is 6.54 Å². The number of nitrogens with zero attached hydrogens (tertiary/aromatic N) is 1. The SMILES string of the molecule is Cl.OC1CNCC1CNCc1cccc2cn[nH]c12. The van der Waals surface area contributed by atoms with Gasteiger partial charge in [0.2, 0.25) is 0 Å². The molecule has 1 aromatic carbocycles. The highest BCUT2D eigenvalue weighted by atomic mass is 35.5. The number of benzene rings is 1. The fourth-order valence-electron chi connectivity index (χ4n) is 2.50. The van der Waals surface area contributed by atoms with Gasteiger partial charge in [0.25, 0.3) is 0 Å². The van der Waals surface area contributed by atoms with Crippen molar-refractivity contribution in [2.24, 2.45) is 5.92 Å². The van der Waals surface area contributed by atoms with E-state index in [0.717, 1.165) is 30.5 Å². The lowest BCUT2D eigenvalue weighted by atomic mass is 10.1. The summed E-state index contributed by atoms with van der Waals surface area (Å²) in [7, 11) is 0. The van der Waals surface area contributed by atoms with Crippen molar-refractivity contribution >= 4 is 23.3 Å². The molecule has 104 valence electrons. The zero-order chi connectivity index (χ0) is 12.4. The van der Waals surface area contributed by atoms with Crippen molar-refractivity contribution in [3.63, 3.8) is 0 Å². The van der Waals surface area contributed by atoms with Crippen molar-refractivity contribution in [2.45, 2.75) is 12.6 Å². The fraction of sp³-hybridized carbons (Fsp3) is 0.462. The van der Waals surface area contributed by atoms with Crippen LogP contribution >= 0.6 is 12.4 Å². The van der Waals surface area contributed by atoms with E-state index < -0.39 is 0 Å². The highest BCUT2D eigenvalue weighted by Crippen LogP contribution is 2.15. The molecule has 1 aliphatic rings. The summed E-state index contributed by atoms with van der Waals surface area (Å²) in [6.07, 6.45) is 1.61. The number of aromatic amines is 1. The lowest BCUT2D eigenvalue weighted by Gasteiger charge is -2.14. The number of rotatable bonds is 4. The summed E-state index contributed by atoms with van der Waals surface area (Å²) in [5.74, 6) is 0.311. The van der Waals surface area contributed by atoms with E-state index in [2.05, 4.69) is 26.9 Å². The van der Waals surface area contributed by atoms with Gasteiger partial charge in [-0.3, -0.25) is 5.10 Å². The number of H-pyrrole nitrogens is 1. The summed E-state index contributed by atoms with van der Waals surface area (Å²) in [5.41, 5.74) is 2.31. The summed E-state index contributed by atoms with van der Waals surface area (Å²) in [4.78, 5) is 0. The first-order chi connectivity index (χ1) is 8.84. The summed E-state index contributed by atoms with van der Waals surface area (Å²) >= 11 is 0. The highest BCUT2D eigenvalue weighted by molar-refractivity contribution is 5.85. The molecular formula is C13H19ClN4O. The molecule has 2 unspecified atom stereocenters. The maximum absolute atomic E-state index is 9.71. The summed E-state index contributed by atoms with van der Waals surface area (Å²) in [6, 6.07) is 6.19. The minimum absolute atomic E-state index is 0. The Kier molecular flexibility index (Phi) is 4.76. The van der Waals surface area contributed by atoms with E-state index >= 15 is 0 Å². The average Bonchev–Trinajstić information content (AvgIpc) is 2.99. The first-order valence-corrected chi connectivity index (χ1v) is 6.35. The third kappa shape index (κ3) is 3.06. The van der Waals surface area contributed by atoms with E-state index in [-0.39, 0.29) is 18.5 Å². The van der Waals surface area contributed by atoms with Crippen molar-refractivity contribution in [1.29, 1.82) is 0 Å². The lowest BCUT2D eigenvalue weighted by Crippen LogP contribution is -2.30. The topological polar surface area (TPSA) is 73.0 Å². The van der Waals surface area contributed by atoms with Gasteiger partial charge >= 0.3 is 0 Å². The van der Waals surface area contributed by atoms with Gasteiger partial charge in [0.05, 0.1) is 17.8 Å². The molecule has 0 radical (unpaired) electrons. The van der Waals surface area contributed by atoms with Crippen molar-refractivity contribution < 1.29 is 5.11 Å². The van der Waals surface area contributed by atoms with Crippen LogP contribution in [0.2, 0.25) is 0 Å². The molecule has 1 aliphatic heterocycles. The first-order valence-electron chi connectivity index (χ1n) is 6.35.